The van der Waals surface area contributed by atoms with E-state index in [0.717, 1.165) is 25.9 Å². The number of benzene rings is 1. The van der Waals surface area contributed by atoms with Crippen molar-refractivity contribution in [3.05, 3.63) is 29.6 Å². The van der Waals surface area contributed by atoms with Gasteiger partial charge in [-0.15, -0.1) is 0 Å². The van der Waals surface area contributed by atoms with Crippen molar-refractivity contribution in [3.8, 4) is 0 Å². The van der Waals surface area contributed by atoms with E-state index in [1.807, 2.05) is 6.07 Å². The summed E-state index contributed by atoms with van der Waals surface area (Å²) >= 11 is 0. The first-order valence-corrected chi connectivity index (χ1v) is 8.02. The summed E-state index contributed by atoms with van der Waals surface area (Å²) < 4.78 is 14.3. The van der Waals surface area contributed by atoms with Gasteiger partial charge in [-0.05, 0) is 43.6 Å². The summed E-state index contributed by atoms with van der Waals surface area (Å²) in [5, 5.41) is 9.92. The monoisotopic (exact) mass is 293 g/mol. The molecule has 0 amide bonds. The van der Waals surface area contributed by atoms with Gasteiger partial charge in [-0.3, -0.25) is 0 Å². The third-order valence-electron chi connectivity index (χ3n) is 4.74. The SMILES string of the molecule is CC(O)c1cccc(F)c1N1CCCC(C(C)(C)C)CC1. The van der Waals surface area contributed by atoms with Gasteiger partial charge in [0.25, 0.3) is 0 Å². The molecular weight excluding hydrogens is 265 g/mol. The molecule has 1 fully saturated rings. The number of para-hydroxylation sites is 1. The predicted molar refractivity (Wildman–Crippen MR) is 86.0 cm³/mol. The molecule has 1 aliphatic rings. The molecular formula is C18H28FNO. The van der Waals surface area contributed by atoms with E-state index >= 15 is 0 Å². The van der Waals surface area contributed by atoms with Gasteiger partial charge in [0.1, 0.15) is 5.82 Å². The van der Waals surface area contributed by atoms with E-state index in [0.29, 0.717) is 22.6 Å². The van der Waals surface area contributed by atoms with E-state index in [2.05, 4.69) is 25.7 Å². The Morgan fingerprint density at radius 3 is 2.57 bits per heavy atom. The predicted octanol–water partition coefficient (Wildman–Crippen LogP) is 4.53. The molecule has 1 aliphatic heterocycles. The van der Waals surface area contributed by atoms with Gasteiger partial charge in [0.2, 0.25) is 0 Å². The Labute approximate surface area is 128 Å². The number of rotatable bonds is 2. The second-order valence-corrected chi connectivity index (χ2v) is 7.33. The van der Waals surface area contributed by atoms with Gasteiger partial charge < -0.3 is 10.0 Å². The molecule has 1 N–H and O–H groups in total. The van der Waals surface area contributed by atoms with Crippen LogP contribution < -0.4 is 4.90 Å². The van der Waals surface area contributed by atoms with Crippen molar-refractivity contribution in [2.24, 2.45) is 11.3 Å². The molecule has 2 unspecified atom stereocenters. The van der Waals surface area contributed by atoms with Crippen LogP contribution in [0.4, 0.5) is 10.1 Å². The molecule has 0 saturated carbocycles. The minimum atomic E-state index is -0.641. The fourth-order valence-corrected chi connectivity index (χ4v) is 3.39. The summed E-state index contributed by atoms with van der Waals surface area (Å²) in [6.07, 6.45) is 2.71. The largest absolute Gasteiger partial charge is 0.389 e. The summed E-state index contributed by atoms with van der Waals surface area (Å²) in [5.74, 6) is 0.451. The quantitative estimate of drug-likeness (QED) is 0.866. The van der Waals surface area contributed by atoms with Gasteiger partial charge >= 0.3 is 0 Å². The highest BCUT2D eigenvalue weighted by Gasteiger charge is 2.28. The summed E-state index contributed by atoms with van der Waals surface area (Å²) in [7, 11) is 0. The molecule has 3 heteroatoms. The average molecular weight is 293 g/mol. The van der Waals surface area contributed by atoms with E-state index in [-0.39, 0.29) is 5.82 Å². The molecule has 1 heterocycles. The van der Waals surface area contributed by atoms with E-state index in [1.54, 1.807) is 13.0 Å². The van der Waals surface area contributed by atoms with E-state index in [1.165, 1.54) is 12.5 Å². The Morgan fingerprint density at radius 2 is 1.95 bits per heavy atom. The van der Waals surface area contributed by atoms with Crippen molar-refractivity contribution in [2.45, 2.75) is 53.1 Å². The minimum absolute atomic E-state index is 0.220. The van der Waals surface area contributed by atoms with Crippen molar-refractivity contribution in [1.82, 2.24) is 0 Å². The van der Waals surface area contributed by atoms with Crippen LogP contribution in [0.3, 0.4) is 0 Å². The lowest BCUT2D eigenvalue weighted by molar-refractivity contribution is 0.199. The number of hydrogen-bond acceptors (Lipinski definition) is 2. The highest BCUT2D eigenvalue weighted by Crippen LogP contribution is 2.37. The molecule has 0 spiro atoms. The van der Waals surface area contributed by atoms with E-state index in [4.69, 9.17) is 0 Å². The van der Waals surface area contributed by atoms with Crippen molar-refractivity contribution < 1.29 is 9.50 Å². The first kappa shape index (κ1) is 16.3. The molecule has 0 bridgehead atoms. The number of nitrogens with zero attached hydrogens (tertiary/aromatic N) is 1. The number of hydrogen-bond donors (Lipinski definition) is 1. The van der Waals surface area contributed by atoms with E-state index in [9.17, 15) is 9.50 Å². The molecule has 0 aromatic heterocycles. The molecule has 2 atom stereocenters. The van der Waals surface area contributed by atoms with Crippen LogP contribution in [0.5, 0.6) is 0 Å². The van der Waals surface area contributed by atoms with Gasteiger partial charge in [-0.25, -0.2) is 4.39 Å². The first-order valence-electron chi connectivity index (χ1n) is 8.02. The molecule has 2 rings (SSSR count). The lowest BCUT2D eigenvalue weighted by Crippen LogP contribution is -2.28. The Hall–Kier alpha value is -1.09. The maximum Gasteiger partial charge on any atom is 0.146 e. The number of aliphatic hydroxyl groups excluding tert-OH is 1. The Balaban J connectivity index is 2.24. The third kappa shape index (κ3) is 3.76. The van der Waals surface area contributed by atoms with Crippen LogP contribution in [-0.4, -0.2) is 18.2 Å². The molecule has 0 radical (unpaired) electrons. The molecule has 2 nitrogen and oxygen atoms in total. The van der Waals surface area contributed by atoms with Crippen LogP contribution in [-0.2, 0) is 0 Å². The maximum absolute atomic E-state index is 14.3. The van der Waals surface area contributed by atoms with Crippen molar-refractivity contribution in [3.63, 3.8) is 0 Å². The van der Waals surface area contributed by atoms with Gasteiger partial charge in [0.15, 0.2) is 0 Å². The van der Waals surface area contributed by atoms with Crippen LogP contribution in [0.2, 0.25) is 0 Å². The van der Waals surface area contributed by atoms with Gasteiger partial charge in [0, 0.05) is 18.7 Å². The normalized spacial score (nSPS) is 22.0. The highest BCUT2D eigenvalue weighted by molar-refractivity contribution is 5.56. The summed E-state index contributed by atoms with van der Waals surface area (Å²) in [6, 6.07) is 5.00. The molecule has 118 valence electrons. The van der Waals surface area contributed by atoms with Gasteiger partial charge in [-0.2, -0.15) is 0 Å². The fourth-order valence-electron chi connectivity index (χ4n) is 3.39. The van der Waals surface area contributed by atoms with E-state index < -0.39 is 6.10 Å². The van der Waals surface area contributed by atoms with Crippen LogP contribution in [0, 0.1) is 17.2 Å². The topological polar surface area (TPSA) is 23.5 Å². The van der Waals surface area contributed by atoms with Crippen molar-refractivity contribution in [1.29, 1.82) is 0 Å². The Bertz CT molecular complexity index is 479. The lowest BCUT2D eigenvalue weighted by atomic mass is 9.77. The first-order chi connectivity index (χ1) is 9.80. The van der Waals surface area contributed by atoms with Crippen LogP contribution >= 0.6 is 0 Å². The minimum Gasteiger partial charge on any atom is -0.389 e. The summed E-state index contributed by atoms with van der Waals surface area (Å²) in [6.45, 7) is 10.3. The van der Waals surface area contributed by atoms with Crippen LogP contribution in [0.15, 0.2) is 18.2 Å². The van der Waals surface area contributed by atoms with Crippen molar-refractivity contribution >= 4 is 5.69 Å². The standard InChI is InChI=1S/C18H28FNO/c1-13(21)15-8-5-9-16(19)17(15)20-11-6-7-14(10-12-20)18(2,3)4/h5,8-9,13-14,21H,6-7,10-12H2,1-4H3. The van der Waals surface area contributed by atoms with Gasteiger partial charge in [-0.1, -0.05) is 32.9 Å². The maximum atomic E-state index is 14.3. The third-order valence-corrected chi connectivity index (χ3v) is 4.74. The zero-order chi connectivity index (χ0) is 15.6. The highest BCUT2D eigenvalue weighted by atomic mass is 19.1. The molecule has 1 aromatic carbocycles. The molecule has 21 heavy (non-hydrogen) atoms. The smallest absolute Gasteiger partial charge is 0.146 e. The zero-order valence-electron chi connectivity index (χ0n) is 13.7. The fraction of sp³-hybridized carbons (Fsp3) is 0.667. The lowest BCUT2D eigenvalue weighted by Gasteiger charge is -2.30. The van der Waals surface area contributed by atoms with Gasteiger partial charge in [0.05, 0.1) is 11.8 Å². The number of anilines is 1. The second kappa shape index (κ2) is 6.35. The number of aliphatic hydroxyl groups is 1. The number of halogens is 1. The second-order valence-electron chi connectivity index (χ2n) is 7.33. The van der Waals surface area contributed by atoms with Crippen molar-refractivity contribution in [2.75, 3.05) is 18.0 Å². The Morgan fingerprint density at radius 1 is 1.24 bits per heavy atom. The average Bonchev–Trinajstić information content (AvgIpc) is 2.63. The summed E-state index contributed by atoms with van der Waals surface area (Å²) in [5.41, 5.74) is 1.60. The zero-order valence-corrected chi connectivity index (χ0v) is 13.7. The summed E-state index contributed by atoms with van der Waals surface area (Å²) in [4.78, 5) is 2.13. The molecule has 1 aromatic rings. The Kier molecular flexibility index (Phi) is 4.92. The van der Waals surface area contributed by atoms with Crippen LogP contribution in [0.1, 0.15) is 58.6 Å². The molecule has 1 saturated heterocycles. The van der Waals surface area contributed by atoms with Crippen LogP contribution in [0.25, 0.3) is 0 Å². The molecule has 0 aliphatic carbocycles.